The first-order valence-corrected chi connectivity index (χ1v) is 7.82. The molecule has 0 unspecified atom stereocenters. The highest BCUT2D eigenvalue weighted by Crippen LogP contribution is 2.48. The summed E-state index contributed by atoms with van der Waals surface area (Å²) in [5.41, 5.74) is 7.22. The average Bonchev–Trinajstić information content (AvgIpc) is 3.18. The van der Waals surface area contributed by atoms with E-state index in [0.717, 1.165) is 24.1 Å². The number of thioether (sulfide) groups is 1. The minimum atomic E-state index is -0.303. The van der Waals surface area contributed by atoms with Crippen LogP contribution in [0.3, 0.4) is 0 Å². The van der Waals surface area contributed by atoms with Gasteiger partial charge in [0.05, 0.1) is 5.41 Å². The second-order valence-electron chi connectivity index (χ2n) is 5.85. The van der Waals surface area contributed by atoms with Gasteiger partial charge in [0.25, 0.3) is 0 Å². The lowest BCUT2D eigenvalue weighted by Gasteiger charge is -2.24. The van der Waals surface area contributed by atoms with Crippen molar-refractivity contribution in [3.63, 3.8) is 0 Å². The Morgan fingerprint density at radius 3 is 2.42 bits per heavy atom. The molecule has 2 rings (SSSR count). The van der Waals surface area contributed by atoms with Crippen LogP contribution in [0, 0.1) is 0 Å². The number of benzene rings is 1. The van der Waals surface area contributed by atoms with E-state index in [2.05, 4.69) is 25.4 Å². The molecule has 0 spiro atoms. The monoisotopic (exact) mass is 278 g/mol. The maximum Gasteiger partial charge on any atom is 0.230 e. The van der Waals surface area contributed by atoms with Gasteiger partial charge in [-0.05, 0) is 50.6 Å². The lowest BCUT2D eigenvalue weighted by atomic mass is 9.94. The number of rotatable bonds is 5. The van der Waals surface area contributed by atoms with Crippen LogP contribution in [0.25, 0.3) is 0 Å². The largest absolute Gasteiger partial charge is 0.399 e. The number of hydrogen-bond acceptors (Lipinski definition) is 3. The number of nitrogens with two attached hydrogens (primary N) is 1. The maximum absolute atomic E-state index is 12.4. The van der Waals surface area contributed by atoms with Crippen LogP contribution < -0.4 is 11.1 Å². The minimum Gasteiger partial charge on any atom is -0.399 e. The highest BCUT2D eigenvalue weighted by Gasteiger charge is 2.51. The van der Waals surface area contributed by atoms with E-state index in [1.807, 2.05) is 24.3 Å². The number of carbonyl (C=O) groups excluding carboxylic acids is 1. The molecule has 0 bridgehead atoms. The van der Waals surface area contributed by atoms with E-state index in [1.165, 1.54) is 0 Å². The van der Waals surface area contributed by atoms with Gasteiger partial charge in [-0.2, -0.15) is 11.8 Å². The van der Waals surface area contributed by atoms with Crippen LogP contribution in [0.15, 0.2) is 24.3 Å². The number of anilines is 1. The number of carbonyl (C=O) groups is 1. The van der Waals surface area contributed by atoms with Gasteiger partial charge in [-0.25, -0.2) is 0 Å². The van der Waals surface area contributed by atoms with Crippen molar-refractivity contribution in [2.75, 3.05) is 18.5 Å². The summed E-state index contributed by atoms with van der Waals surface area (Å²) in [6.45, 7) is 4.98. The van der Waals surface area contributed by atoms with Gasteiger partial charge in [-0.15, -0.1) is 0 Å². The number of nitrogens with one attached hydrogen (secondary N) is 1. The Balaban J connectivity index is 2.04. The molecular formula is C15H22N2OS. The van der Waals surface area contributed by atoms with Crippen molar-refractivity contribution in [2.45, 2.75) is 36.9 Å². The topological polar surface area (TPSA) is 55.1 Å². The molecule has 4 heteroatoms. The standard InChI is InChI=1S/C15H22N2OS/c1-14(2,19-3)10-17-13(18)15(8-9-15)11-4-6-12(16)7-5-11/h4-7H,8-10,16H2,1-3H3,(H,17,18). The Morgan fingerprint density at radius 2 is 1.95 bits per heavy atom. The number of nitrogen functional groups attached to an aromatic ring is 1. The third-order valence-corrected chi connectivity index (χ3v) is 5.12. The van der Waals surface area contributed by atoms with Gasteiger partial charge in [0.15, 0.2) is 0 Å². The molecule has 1 amide bonds. The lowest BCUT2D eigenvalue weighted by Crippen LogP contribution is -2.41. The zero-order valence-electron chi connectivity index (χ0n) is 11.8. The van der Waals surface area contributed by atoms with Gasteiger partial charge in [0.1, 0.15) is 0 Å². The Morgan fingerprint density at radius 1 is 1.37 bits per heavy atom. The Hall–Kier alpha value is -1.16. The maximum atomic E-state index is 12.4. The van der Waals surface area contributed by atoms with Crippen LogP contribution in [-0.4, -0.2) is 23.5 Å². The fourth-order valence-corrected chi connectivity index (χ4v) is 2.32. The number of amides is 1. The second kappa shape index (κ2) is 5.08. The van der Waals surface area contributed by atoms with E-state index in [1.54, 1.807) is 11.8 Å². The Kier molecular flexibility index (Phi) is 3.81. The predicted molar refractivity (Wildman–Crippen MR) is 82.4 cm³/mol. The summed E-state index contributed by atoms with van der Waals surface area (Å²) in [5, 5.41) is 3.10. The van der Waals surface area contributed by atoms with E-state index in [0.29, 0.717) is 6.54 Å². The summed E-state index contributed by atoms with van der Waals surface area (Å²) in [6.07, 6.45) is 3.93. The van der Waals surface area contributed by atoms with Crippen molar-refractivity contribution in [3.8, 4) is 0 Å². The molecule has 1 aromatic rings. The molecule has 19 heavy (non-hydrogen) atoms. The molecule has 104 valence electrons. The van der Waals surface area contributed by atoms with Crippen LogP contribution in [0.4, 0.5) is 5.69 Å². The lowest BCUT2D eigenvalue weighted by molar-refractivity contribution is -0.123. The first-order chi connectivity index (χ1) is 8.89. The van der Waals surface area contributed by atoms with E-state index >= 15 is 0 Å². The summed E-state index contributed by atoms with van der Waals surface area (Å²) < 4.78 is 0.0762. The highest BCUT2D eigenvalue weighted by atomic mass is 32.2. The third-order valence-electron chi connectivity index (χ3n) is 3.88. The first-order valence-electron chi connectivity index (χ1n) is 6.59. The van der Waals surface area contributed by atoms with Gasteiger partial charge < -0.3 is 11.1 Å². The third kappa shape index (κ3) is 3.06. The smallest absolute Gasteiger partial charge is 0.230 e. The van der Waals surface area contributed by atoms with Crippen molar-refractivity contribution >= 4 is 23.4 Å². The fraction of sp³-hybridized carbons (Fsp3) is 0.533. The van der Waals surface area contributed by atoms with Crippen molar-refractivity contribution in [1.29, 1.82) is 0 Å². The van der Waals surface area contributed by atoms with Crippen molar-refractivity contribution in [3.05, 3.63) is 29.8 Å². The Labute approximate surface area is 119 Å². The van der Waals surface area contributed by atoms with Crippen molar-refractivity contribution < 1.29 is 4.79 Å². The molecule has 0 saturated heterocycles. The molecule has 1 saturated carbocycles. The molecule has 0 heterocycles. The fourth-order valence-electron chi connectivity index (χ4n) is 2.11. The Bertz CT molecular complexity index is 464. The van der Waals surface area contributed by atoms with E-state index in [9.17, 15) is 4.79 Å². The van der Waals surface area contributed by atoms with Crippen molar-refractivity contribution in [1.82, 2.24) is 5.32 Å². The van der Waals surface area contributed by atoms with Crippen LogP contribution in [0.2, 0.25) is 0 Å². The molecule has 1 fully saturated rings. The van der Waals surface area contributed by atoms with Crippen LogP contribution in [0.5, 0.6) is 0 Å². The molecule has 0 atom stereocenters. The molecular weight excluding hydrogens is 256 g/mol. The van der Waals surface area contributed by atoms with Gasteiger partial charge >= 0.3 is 0 Å². The van der Waals surface area contributed by atoms with Gasteiger partial charge in [0, 0.05) is 17.0 Å². The first kappa shape index (κ1) is 14.3. The zero-order chi connectivity index (χ0) is 14.1. The summed E-state index contributed by atoms with van der Waals surface area (Å²) in [6, 6.07) is 7.69. The van der Waals surface area contributed by atoms with Crippen molar-refractivity contribution in [2.24, 2.45) is 0 Å². The summed E-state index contributed by atoms with van der Waals surface area (Å²) in [7, 11) is 0. The summed E-state index contributed by atoms with van der Waals surface area (Å²) in [4.78, 5) is 12.4. The van der Waals surface area contributed by atoms with E-state index < -0.39 is 0 Å². The molecule has 0 aromatic heterocycles. The molecule has 3 nitrogen and oxygen atoms in total. The van der Waals surface area contributed by atoms with Gasteiger partial charge in [-0.3, -0.25) is 4.79 Å². The quantitative estimate of drug-likeness (QED) is 0.814. The predicted octanol–water partition coefficient (Wildman–Crippen LogP) is 2.56. The highest BCUT2D eigenvalue weighted by molar-refractivity contribution is 7.99. The molecule has 1 aliphatic rings. The summed E-state index contributed by atoms with van der Waals surface area (Å²) in [5.74, 6) is 0.152. The average molecular weight is 278 g/mol. The minimum absolute atomic E-state index is 0.0762. The molecule has 0 radical (unpaired) electrons. The SMILES string of the molecule is CSC(C)(C)CNC(=O)C1(c2ccc(N)cc2)CC1. The van der Waals surface area contributed by atoms with Crippen LogP contribution in [-0.2, 0) is 10.2 Å². The van der Waals surface area contributed by atoms with Crippen LogP contribution >= 0.6 is 11.8 Å². The van der Waals surface area contributed by atoms with Gasteiger partial charge in [0.2, 0.25) is 5.91 Å². The molecule has 1 aliphatic carbocycles. The van der Waals surface area contributed by atoms with Gasteiger partial charge in [-0.1, -0.05) is 12.1 Å². The van der Waals surface area contributed by atoms with Crippen LogP contribution in [0.1, 0.15) is 32.3 Å². The van der Waals surface area contributed by atoms with E-state index in [-0.39, 0.29) is 16.1 Å². The second-order valence-corrected chi connectivity index (χ2v) is 7.36. The molecule has 1 aromatic carbocycles. The molecule has 3 N–H and O–H groups in total. The molecule has 0 aliphatic heterocycles. The number of hydrogen-bond donors (Lipinski definition) is 2. The normalized spacial score (nSPS) is 17.0. The summed E-state index contributed by atoms with van der Waals surface area (Å²) >= 11 is 1.77. The zero-order valence-corrected chi connectivity index (χ0v) is 12.6. The van der Waals surface area contributed by atoms with E-state index in [4.69, 9.17) is 5.73 Å².